The molecule has 1 heterocycles. The molecule has 1 aromatic heterocycles. The lowest BCUT2D eigenvalue weighted by molar-refractivity contribution is -0.123. The number of methoxy groups -OCH3 is 1. The van der Waals surface area contributed by atoms with Crippen molar-refractivity contribution in [1.82, 2.24) is 9.78 Å². The number of carbonyl (C=O) groups excluding carboxylic acids is 2. The van der Waals surface area contributed by atoms with E-state index in [0.717, 1.165) is 5.69 Å². The van der Waals surface area contributed by atoms with Crippen molar-refractivity contribution >= 4 is 29.2 Å². The molecule has 0 aliphatic rings. The number of nitrogens with one attached hydrogen (secondary N) is 1. The van der Waals surface area contributed by atoms with E-state index in [2.05, 4.69) is 10.4 Å². The average molecular weight is 400 g/mol. The number of benzene rings is 2. The van der Waals surface area contributed by atoms with Crippen LogP contribution < -0.4 is 10.1 Å². The number of anilines is 1. The number of halogens is 1. The molecule has 1 atom stereocenters. The van der Waals surface area contributed by atoms with E-state index in [1.54, 1.807) is 30.5 Å². The first-order chi connectivity index (χ1) is 13.5. The van der Waals surface area contributed by atoms with Crippen LogP contribution in [0.1, 0.15) is 17.4 Å². The van der Waals surface area contributed by atoms with Gasteiger partial charge >= 0.3 is 5.97 Å². The van der Waals surface area contributed by atoms with E-state index in [0.29, 0.717) is 10.7 Å². The lowest BCUT2D eigenvalue weighted by Gasteiger charge is -2.13. The Morgan fingerprint density at radius 1 is 1.14 bits per heavy atom. The standard InChI is InChI=1S/C20H18ClN3O4/c1-13(19(25)22-15-8-6-7-14(21)11-15)28-20(26)18-17(27-2)12-24(23-18)16-9-4-3-5-10-16/h3-13H,1-2H3,(H,22,25)/t13-/m0/s1. The zero-order valence-corrected chi connectivity index (χ0v) is 16.0. The van der Waals surface area contributed by atoms with Crippen molar-refractivity contribution in [2.45, 2.75) is 13.0 Å². The molecule has 8 heteroatoms. The minimum absolute atomic E-state index is 0.0197. The Bertz CT molecular complexity index is 988. The first-order valence-corrected chi connectivity index (χ1v) is 8.82. The monoisotopic (exact) mass is 399 g/mol. The van der Waals surface area contributed by atoms with Gasteiger partial charge in [-0.1, -0.05) is 35.9 Å². The Labute approximate surface area is 166 Å². The van der Waals surface area contributed by atoms with Crippen molar-refractivity contribution in [3.63, 3.8) is 0 Å². The number of hydrogen-bond donors (Lipinski definition) is 1. The minimum atomic E-state index is -1.04. The van der Waals surface area contributed by atoms with Crippen LogP contribution in [0.2, 0.25) is 5.02 Å². The number of rotatable bonds is 6. The molecule has 0 aliphatic heterocycles. The minimum Gasteiger partial charge on any atom is -0.493 e. The summed E-state index contributed by atoms with van der Waals surface area (Å²) in [5.41, 5.74) is 1.24. The molecule has 2 aromatic carbocycles. The van der Waals surface area contributed by atoms with Gasteiger partial charge in [-0.2, -0.15) is 5.10 Å². The molecule has 0 unspecified atom stereocenters. The number of nitrogens with zero attached hydrogens (tertiary/aromatic N) is 2. The van der Waals surface area contributed by atoms with Crippen LogP contribution in [0.3, 0.4) is 0 Å². The van der Waals surface area contributed by atoms with Crippen LogP contribution in [-0.4, -0.2) is 34.9 Å². The Morgan fingerprint density at radius 2 is 1.89 bits per heavy atom. The molecule has 0 saturated carbocycles. The third-order valence-corrected chi connectivity index (χ3v) is 4.09. The molecule has 7 nitrogen and oxygen atoms in total. The number of aromatic nitrogens is 2. The molecule has 28 heavy (non-hydrogen) atoms. The molecule has 1 N–H and O–H groups in total. The molecule has 0 aliphatic carbocycles. The topological polar surface area (TPSA) is 82.5 Å². The third kappa shape index (κ3) is 4.50. The predicted molar refractivity (Wildman–Crippen MR) is 105 cm³/mol. The Hall–Kier alpha value is -3.32. The predicted octanol–water partition coefficient (Wildman–Crippen LogP) is 3.72. The molecule has 0 spiro atoms. The molecule has 0 bridgehead atoms. The number of hydrogen-bond acceptors (Lipinski definition) is 5. The van der Waals surface area contributed by atoms with Crippen LogP contribution in [0.5, 0.6) is 5.75 Å². The van der Waals surface area contributed by atoms with Gasteiger partial charge in [-0.15, -0.1) is 0 Å². The largest absolute Gasteiger partial charge is 0.493 e. The quantitative estimate of drug-likeness (QED) is 0.639. The lowest BCUT2D eigenvalue weighted by atomic mass is 10.3. The van der Waals surface area contributed by atoms with Gasteiger partial charge in [0, 0.05) is 10.7 Å². The number of amides is 1. The van der Waals surface area contributed by atoms with E-state index in [9.17, 15) is 9.59 Å². The summed E-state index contributed by atoms with van der Waals surface area (Å²) in [6.07, 6.45) is 0.529. The number of carbonyl (C=O) groups is 2. The van der Waals surface area contributed by atoms with Crippen molar-refractivity contribution in [3.05, 3.63) is 71.5 Å². The first-order valence-electron chi connectivity index (χ1n) is 8.44. The van der Waals surface area contributed by atoms with Gasteiger partial charge in [0.25, 0.3) is 5.91 Å². The highest BCUT2D eigenvalue weighted by Gasteiger charge is 2.25. The van der Waals surface area contributed by atoms with Crippen LogP contribution >= 0.6 is 11.6 Å². The van der Waals surface area contributed by atoms with E-state index in [-0.39, 0.29) is 11.4 Å². The van der Waals surface area contributed by atoms with E-state index in [1.807, 2.05) is 30.3 Å². The second-order valence-electron chi connectivity index (χ2n) is 5.87. The normalized spacial score (nSPS) is 11.5. The van der Waals surface area contributed by atoms with Crippen molar-refractivity contribution < 1.29 is 19.1 Å². The highest BCUT2D eigenvalue weighted by molar-refractivity contribution is 6.30. The van der Waals surface area contributed by atoms with Gasteiger partial charge < -0.3 is 14.8 Å². The third-order valence-electron chi connectivity index (χ3n) is 3.86. The van der Waals surface area contributed by atoms with Crippen molar-refractivity contribution in [1.29, 1.82) is 0 Å². The van der Waals surface area contributed by atoms with Gasteiger partial charge in [-0.05, 0) is 37.3 Å². The van der Waals surface area contributed by atoms with Gasteiger partial charge in [-0.3, -0.25) is 4.79 Å². The number of para-hydroxylation sites is 1. The van der Waals surface area contributed by atoms with Crippen LogP contribution in [0, 0.1) is 0 Å². The second-order valence-corrected chi connectivity index (χ2v) is 6.31. The fourth-order valence-electron chi connectivity index (χ4n) is 2.44. The maximum absolute atomic E-state index is 12.5. The summed E-state index contributed by atoms with van der Waals surface area (Å²) in [7, 11) is 1.43. The van der Waals surface area contributed by atoms with Gasteiger partial charge in [0.2, 0.25) is 5.69 Å². The zero-order valence-electron chi connectivity index (χ0n) is 15.3. The summed E-state index contributed by atoms with van der Waals surface area (Å²) in [4.78, 5) is 24.8. The van der Waals surface area contributed by atoms with Crippen LogP contribution in [-0.2, 0) is 9.53 Å². The molecule has 3 aromatic rings. The van der Waals surface area contributed by atoms with Crippen LogP contribution in [0.15, 0.2) is 60.8 Å². The van der Waals surface area contributed by atoms with Gasteiger partial charge in [0.05, 0.1) is 19.0 Å². The number of esters is 1. The SMILES string of the molecule is COc1cn(-c2ccccc2)nc1C(=O)O[C@@H](C)C(=O)Nc1cccc(Cl)c1. The maximum Gasteiger partial charge on any atom is 0.363 e. The van der Waals surface area contributed by atoms with E-state index < -0.39 is 18.0 Å². The van der Waals surface area contributed by atoms with E-state index in [4.69, 9.17) is 21.1 Å². The van der Waals surface area contributed by atoms with Gasteiger partial charge in [0.1, 0.15) is 0 Å². The summed E-state index contributed by atoms with van der Waals surface area (Å²) in [5, 5.41) is 7.35. The van der Waals surface area contributed by atoms with Crippen molar-refractivity contribution in [2.24, 2.45) is 0 Å². The molecule has 3 rings (SSSR count). The molecular weight excluding hydrogens is 382 g/mol. The molecule has 1 amide bonds. The average Bonchev–Trinajstić information content (AvgIpc) is 3.13. The fraction of sp³-hybridized carbons (Fsp3) is 0.150. The van der Waals surface area contributed by atoms with E-state index >= 15 is 0 Å². The lowest BCUT2D eigenvalue weighted by Crippen LogP contribution is -2.30. The summed E-state index contributed by atoms with van der Waals surface area (Å²) in [6.45, 7) is 1.47. The highest BCUT2D eigenvalue weighted by atomic mass is 35.5. The summed E-state index contributed by atoms with van der Waals surface area (Å²) in [5.74, 6) is -1.01. The van der Waals surface area contributed by atoms with E-state index in [1.165, 1.54) is 18.7 Å². The number of ether oxygens (including phenoxy) is 2. The van der Waals surface area contributed by atoms with Crippen molar-refractivity contribution in [3.8, 4) is 11.4 Å². The first kappa shape index (κ1) is 19.4. The Morgan fingerprint density at radius 3 is 2.57 bits per heavy atom. The van der Waals surface area contributed by atoms with Crippen LogP contribution in [0.4, 0.5) is 5.69 Å². The Kier molecular flexibility index (Phi) is 5.96. The van der Waals surface area contributed by atoms with Crippen molar-refractivity contribution in [2.75, 3.05) is 12.4 Å². The molecule has 0 radical (unpaired) electrons. The second kappa shape index (κ2) is 8.58. The highest BCUT2D eigenvalue weighted by Crippen LogP contribution is 2.21. The fourth-order valence-corrected chi connectivity index (χ4v) is 2.63. The summed E-state index contributed by atoms with van der Waals surface area (Å²) in [6, 6.07) is 15.9. The maximum atomic E-state index is 12.5. The molecule has 144 valence electrons. The molecular formula is C20H18ClN3O4. The van der Waals surface area contributed by atoms with Gasteiger partial charge in [0.15, 0.2) is 11.9 Å². The smallest absolute Gasteiger partial charge is 0.363 e. The molecule has 0 saturated heterocycles. The Balaban J connectivity index is 1.71. The molecule has 0 fully saturated rings. The van der Waals surface area contributed by atoms with Crippen LogP contribution in [0.25, 0.3) is 5.69 Å². The zero-order chi connectivity index (χ0) is 20.1. The summed E-state index contributed by atoms with van der Waals surface area (Å²) >= 11 is 5.90. The summed E-state index contributed by atoms with van der Waals surface area (Å²) < 4.78 is 12.0. The van der Waals surface area contributed by atoms with Gasteiger partial charge in [-0.25, -0.2) is 9.48 Å².